The van der Waals surface area contributed by atoms with Crippen LogP contribution in [-0.2, 0) is 27.9 Å². The first-order valence-electron chi connectivity index (χ1n) is 6.86. The van der Waals surface area contributed by atoms with Crippen molar-refractivity contribution in [3.05, 3.63) is 45.8 Å². The van der Waals surface area contributed by atoms with Gasteiger partial charge in [-0.2, -0.15) is 5.10 Å². The second-order valence-corrected chi connectivity index (χ2v) is 5.00. The molecule has 0 aliphatic heterocycles. The summed E-state index contributed by atoms with van der Waals surface area (Å²) in [5.74, 6) is -1.49. The van der Waals surface area contributed by atoms with E-state index < -0.39 is 23.1 Å². The molecule has 0 spiro atoms. The zero-order valence-electron chi connectivity index (χ0n) is 13.1. The highest BCUT2D eigenvalue weighted by atomic mass is 16.5. The third kappa shape index (κ3) is 3.78. The van der Waals surface area contributed by atoms with Gasteiger partial charge in [0, 0.05) is 32.0 Å². The molecule has 0 bridgehead atoms. The summed E-state index contributed by atoms with van der Waals surface area (Å²) >= 11 is 0. The van der Waals surface area contributed by atoms with Crippen molar-refractivity contribution in [1.29, 1.82) is 0 Å². The number of aromatic hydroxyl groups is 1. The van der Waals surface area contributed by atoms with E-state index >= 15 is 0 Å². The lowest BCUT2D eigenvalue weighted by Gasteiger charge is -2.15. The summed E-state index contributed by atoms with van der Waals surface area (Å²) in [5.41, 5.74) is 0.0166. The molecular formula is C15H18N2O6. The number of aryl methyl sites for hydroxylation is 1. The second-order valence-electron chi connectivity index (χ2n) is 5.00. The van der Waals surface area contributed by atoms with Crippen LogP contribution in [0.3, 0.4) is 0 Å². The average molecular weight is 322 g/mol. The standard InChI is InChI=1S/C15H18N2O6/c1-17-7-9(6-16-17)11(5-13(19)22-3)15-14(20)12(18)4-10(23-15)8-21-2/h4,6-7,11,20H,5,8H2,1-3H3/t11-/m0/s1. The third-order valence-electron chi connectivity index (χ3n) is 3.33. The van der Waals surface area contributed by atoms with Crippen molar-refractivity contribution < 1.29 is 23.8 Å². The zero-order chi connectivity index (χ0) is 17.0. The largest absolute Gasteiger partial charge is 0.502 e. The summed E-state index contributed by atoms with van der Waals surface area (Å²) in [6, 6.07) is 1.15. The normalized spacial score (nSPS) is 12.1. The minimum absolute atomic E-state index is 0.0112. The summed E-state index contributed by atoms with van der Waals surface area (Å²) < 4.78 is 16.8. The molecule has 2 aromatic heterocycles. The average Bonchev–Trinajstić information content (AvgIpc) is 2.95. The van der Waals surface area contributed by atoms with Crippen molar-refractivity contribution in [1.82, 2.24) is 9.78 Å². The van der Waals surface area contributed by atoms with Gasteiger partial charge in [0.2, 0.25) is 11.2 Å². The van der Waals surface area contributed by atoms with E-state index in [2.05, 4.69) is 9.84 Å². The Bertz CT molecular complexity index is 749. The minimum atomic E-state index is -0.694. The number of aromatic nitrogens is 2. The van der Waals surface area contributed by atoms with Crippen LogP contribution >= 0.6 is 0 Å². The Morgan fingerprint density at radius 2 is 2.22 bits per heavy atom. The molecule has 0 aliphatic carbocycles. The van der Waals surface area contributed by atoms with Crippen LogP contribution < -0.4 is 5.43 Å². The van der Waals surface area contributed by atoms with Crippen molar-refractivity contribution >= 4 is 5.97 Å². The molecule has 2 aromatic rings. The van der Waals surface area contributed by atoms with Gasteiger partial charge in [-0.05, 0) is 0 Å². The molecule has 0 saturated carbocycles. The molecule has 0 unspecified atom stereocenters. The molecule has 0 fully saturated rings. The Hall–Kier alpha value is -2.61. The molecule has 8 nitrogen and oxygen atoms in total. The van der Waals surface area contributed by atoms with Gasteiger partial charge in [0.05, 0.1) is 25.6 Å². The second kappa shape index (κ2) is 7.10. The fraction of sp³-hybridized carbons (Fsp3) is 0.400. The summed E-state index contributed by atoms with van der Waals surface area (Å²) in [6.45, 7) is 0.0699. The van der Waals surface area contributed by atoms with Crippen molar-refractivity contribution in [3.63, 3.8) is 0 Å². The maximum absolute atomic E-state index is 11.9. The van der Waals surface area contributed by atoms with E-state index in [1.54, 1.807) is 17.9 Å². The van der Waals surface area contributed by atoms with Gasteiger partial charge < -0.3 is 19.0 Å². The van der Waals surface area contributed by atoms with Crippen molar-refractivity contribution in [2.45, 2.75) is 18.9 Å². The van der Waals surface area contributed by atoms with Crippen molar-refractivity contribution in [2.24, 2.45) is 7.05 Å². The molecule has 2 rings (SSSR count). The quantitative estimate of drug-likeness (QED) is 0.789. The van der Waals surface area contributed by atoms with Gasteiger partial charge in [-0.25, -0.2) is 0 Å². The van der Waals surface area contributed by atoms with Gasteiger partial charge in [0.15, 0.2) is 5.76 Å². The molecule has 1 atom stereocenters. The third-order valence-corrected chi connectivity index (χ3v) is 3.33. The van der Waals surface area contributed by atoms with Gasteiger partial charge in [-0.1, -0.05) is 0 Å². The summed E-state index contributed by atoms with van der Waals surface area (Å²) in [7, 11) is 4.44. The van der Waals surface area contributed by atoms with Crippen molar-refractivity contribution in [2.75, 3.05) is 14.2 Å². The van der Waals surface area contributed by atoms with Crippen LogP contribution in [0.15, 0.2) is 27.7 Å². The van der Waals surface area contributed by atoms with Crippen LogP contribution in [0.4, 0.5) is 0 Å². The van der Waals surface area contributed by atoms with Gasteiger partial charge in [0.1, 0.15) is 12.4 Å². The first-order chi connectivity index (χ1) is 11.0. The predicted molar refractivity (Wildman–Crippen MR) is 79.0 cm³/mol. The van der Waals surface area contributed by atoms with Crippen LogP contribution in [-0.4, -0.2) is 35.1 Å². The van der Waals surface area contributed by atoms with Crippen LogP contribution in [0.2, 0.25) is 0 Å². The number of hydrogen-bond acceptors (Lipinski definition) is 7. The van der Waals surface area contributed by atoms with Crippen LogP contribution in [0.25, 0.3) is 0 Å². The van der Waals surface area contributed by atoms with E-state index in [0.29, 0.717) is 5.56 Å². The molecule has 8 heteroatoms. The van der Waals surface area contributed by atoms with Crippen molar-refractivity contribution in [3.8, 4) is 5.75 Å². The van der Waals surface area contributed by atoms with E-state index in [9.17, 15) is 14.7 Å². The first kappa shape index (κ1) is 16.8. The number of methoxy groups -OCH3 is 2. The monoisotopic (exact) mass is 322 g/mol. The van der Waals surface area contributed by atoms with E-state index in [0.717, 1.165) is 6.07 Å². The number of hydrogen-bond donors (Lipinski definition) is 1. The number of carbonyl (C=O) groups is 1. The van der Waals surface area contributed by atoms with Crippen LogP contribution in [0.5, 0.6) is 5.75 Å². The number of nitrogens with zero attached hydrogens (tertiary/aromatic N) is 2. The van der Waals surface area contributed by atoms with Gasteiger partial charge in [0.25, 0.3) is 0 Å². The van der Waals surface area contributed by atoms with E-state index in [-0.39, 0.29) is 24.5 Å². The topological polar surface area (TPSA) is 104 Å². The highest BCUT2D eigenvalue weighted by Crippen LogP contribution is 2.33. The molecule has 1 N–H and O–H groups in total. The number of rotatable bonds is 6. The molecule has 2 heterocycles. The Labute approximate surface area is 132 Å². The Balaban J connectivity index is 2.54. The van der Waals surface area contributed by atoms with E-state index in [4.69, 9.17) is 9.15 Å². The van der Waals surface area contributed by atoms with Gasteiger partial charge >= 0.3 is 5.97 Å². The van der Waals surface area contributed by atoms with Gasteiger partial charge in [-0.15, -0.1) is 0 Å². The first-order valence-corrected chi connectivity index (χ1v) is 6.86. The molecule has 0 saturated heterocycles. The molecule has 23 heavy (non-hydrogen) atoms. The number of ether oxygens (including phenoxy) is 2. The lowest BCUT2D eigenvalue weighted by Crippen LogP contribution is -2.14. The summed E-state index contributed by atoms with van der Waals surface area (Å²) in [6.07, 6.45) is 3.11. The lowest BCUT2D eigenvalue weighted by molar-refractivity contribution is -0.140. The maximum atomic E-state index is 11.9. The Kier molecular flexibility index (Phi) is 5.17. The van der Waals surface area contributed by atoms with Gasteiger partial charge in [-0.3, -0.25) is 14.3 Å². The highest BCUT2D eigenvalue weighted by molar-refractivity contribution is 5.71. The fourth-order valence-corrected chi connectivity index (χ4v) is 2.24. The summed E-state index contributed by atoms with van der Waals surface area (Å²) in [5, 5.41) is 14.1. The Morgan fingerprint density at radius 1 is 1.48 bits per heavy atom. The zero-order valence-corrected chi connectivity index (χ0v) is 13.1. The summed E-state index contributed by atoms with van der Waals surface area (Å²) in [4.78, 5) is 23.6. The van der Waals surface area contributed by atoms with E-state index in [1.165, 1.54) is 20.4 Å². The molecule has 0 aromatic carbocycles. The lowest BCUT2D eigenvalue weighted by atomic mass is 9.95. The van der Waals surface area contributed by atoms with Crippen LogP contribution in [0.1, 0.15) is 29.4 Å². The van der Waals surface area contributed by atoms with Crippen LogP contribution in [0, 0.1) is 0 Å². The predicted octanol–water partition coefficient (Wildman–Crippen LogP) is 0.920. The minimum Gasteiger partial charge on any atom is -0.502 e. The highest BCUT2D eigenvalue weighted by Gasteiger charge is 2.27. The number of carbonyl (C=O) groups excluding carboxylic acids is 1. The molecule has 0 amide bonds. The molecule has 0 radical (unpaired) electrons. The molecular weight excluding hydrogens is 304 g/mol. The maximum Gasteiger partial charge on any atom is 0.306 e. The smallest absolute Gasteiger partial charge is 0.306 e. The Morgan fingerprint density at radius 3 is 2.78 bits per heavy atom. The molecule has 124 valence electrons. The molecule has 0 aliphatic rings. The van der Waals surface area contributed by atoms with E-state index in [1.807, 2.05) is 0 Å². The fourth-order valence-electron chi connectivity index (χ4n) is 2.24. The number of esters is 1. The SMILES string of the molecule is COCc1cc(=O)c(O)c([C@@H](CC(=O)OC)c2cnn(C)c2)o1.